The number of nitrogens with one attached hydrogen (secondary N) is 2. The third kappa shape index (κ3) is 3.66. The summed E-state index contributed by atoms with van der Waals surface area (Å²) in [6.45, 7) is 1.57. The Kier molecular flexibility index (Phi) is 3.77. The standard InChI is InChI=1S/C8H13N3O4S2/c1-6-5-7(16(9,12)13)3-4-8(6)11-17(14,15)10-2/h3-5,10-11H,1-2H3,(H2,9,12,13). The lowest BCUT2D eigenvalue weighted by Crippen LogP contribution is -2.26. The van der Waals surface area contributed by atoms with E-state index in [1.807, 2.05) is 0 Å². The minimum atomic E-state index is -3.78. The first kappa shape index (κ1) is 13.9. The molecule has 0 aromatic heterocycles. The van der Waals surface area contributed by atoms with Crippen LogP contribution in [0.4, 0.5) is 5.69 Å². The van der Waals surface area contributed by atoms with Crippen LogP contribution < -0.4 is 14.6 Å². The van der Waals surface area contributed by atoms with Gasteiger partial charge in [-0.15, -0.1) is 0 Å². The summed E-state index contributed by atoms with van der Waals surface area (Å²) in [5.74, 6) is 0. The number of sulfonamides is 1. The summed E-state index contributed by atoms with van der Waals surface area (Å²) in [4.78, 5) is -0.0672. The van der Waals surface area contributed by atoms with Gasteiger partial charge in [-0.2, -0.15) is 8.42 Å². The summed E-state index contributed by atoms with van der Waals surface area (Å²) in [7, 11) is -6.15. The van der Waals surface area contributed by atoms with Crippen LogP contribution in [0.5, 0.6) is 0 Å². The smallest absolute Gasteiger partial charge is 0.271 e. The molecule has 96 valence electrons. The van der Waals surface area contributed by atoms with Crippen LogP contribution in [0.15, 0.2) is 23.1 Å². The van der Waals surface area contributed by atoms with E-state index in [2.05, 4.69) is 9.44 Å². The minimum absolute atomic E-state index is 0.0672. The monoisotopic (exact) mass is 279 g/mol. The van der Waals surface area contributed by atoms with Crippen LogP contribution in [0.25, 0.3) is 0 Å². The fraction of sp³-hybridized carbons (Fsp3) is 0.250. The molecule has 0 aliphatic rings. The van der Waals surface area contributed by atoms with Crippen molar-refractivity contribution in [3.05, 3.63) is 23.8 Å². The average molecular weight is 279 g/mol. The van der Waals surface area contributed by atoms with Crippen molar-refractivity contribution in [3.63, 3.8) is 0 Å². The van der Waals surface area contributed by atoms with Gasteiger partial charge in [0.15, 0.2) is 0 Å². The lowest BCUT2D eigenvalue weighted by molar-refractivity contribution is 0.593. The van der Waals surface area contributed by atoms with E-state index in [-0.39, 0.29) is 10.6 Å². The van der Waals surface area contributed by atoms with Crippen molar-refractivity contribution in [1.29, 1.82) is 0 Å². The van der Waals surface area contributed by atoms with Crippen molar-refractivity contribution in [2.45, 2.75) is 11.8 Å². The Morgan fingerprint density at radius 1 is 1.18 bits per heavy atom. The first-order valence-electron chi connectivity index (χ1n) is 4.50. The van der Waals surface area contributed by atoms with Crippen molar-refractivity contribution >= 4 is 25.9 Å². The molecule has 0 aliphatic heterocycles. The quantitative estimate of drug-likeness (QED) is 0.689. The zero-order valence-corrected chi connectivity index (χ0v) is 10.9. The van der Waals surface area contributed by atoms with Crippen molar-refractivity contribution in [1.82, 2.24) is 4.72 Å². The van der Waals surface area contributed by atoms with E-state index in [9.17, 15) is 16.8 Å². The molecule has 0 amide bonds. The Hall–Kier alpha value is -1.16. The van der Waals surface area contributed by atoms with Gasteiger partial charge in [-0.25, -0.2) is 18.3 Å². The highest BCUT2D eigenvalue weighted by Gasteiger charge is 2.12. The van der Waals surface area contributed by atoms with Gasteiger partial charge in [0.2, 0.25) is 10.0 Å². The number of hydrogen-bond donors (Lipinski definition) is 3. The van der Waals surface area contributed by atoms with Gasteiger partial charge >= 0.3 is 0 Å². The normalized spacial score (nSPS) is 12.4. The molecule has 0 atom stereocenters. The minimum Gasteiger partial charge on any atom is -0.271 e. The summed E-state index contributed by atoms with van der Waals surface area (Å²) in [5.41, 5.74) is 0.738. The van der Waals surface area contributed by atoms with Gasteiger partial charge in [0.05, 0.1) is 10.6 Å². The van der Waals surface area contributed by atoms with Gasteiger partial charge in [-0.05, 0) is 30.7 Å². The Bertz CT molecular complexity index is 622. The maximum absolute atomic E-state index is 11.2. The van der Waals surface area contributed by atoms with Crippen LogP contribution in [0.2, 0.25) is 0 Å². The average Bonchev–Trinajstić information content (AvgIpc) is 2.19. The number of anilines is 1. The van der Waals surface area contributed by atoms with Crippen LogP contribution in [-0.2, 0) is 20.2 Å². The second-order valence-electron chi connectivity index (χ2n) is 3.33. The topological polar surface area (TPSA) is 118 Å². The molecule has 0 bridgehead atoms. The van der Waals surface area contributed by atoms with E-state index in [0.29, 0.717) is 5.56 Å². The molecule has 0 radical (unpaired) electrons. The zero-order chi connectivity index (χ0) is 13.3. The van der Waals surface area contributed by atoms with Crippen molar-refractivity contribution in [2.24, 2.45) is 5.14 Å². The van der Waals surface area contributed by atoms with Crippen molar-refractivity contribution in [2.75, 3.05) is 11.8 Å². The van der Waals surface area contributed by atoms with E-state index in [4.69, 9.17) is 5.14 Å². The molecule has 0 unspecified atom stereocenters. The van der Waals surface area contributed by atoms with Gasteiger partial charge in [-0.1, -0.05) is 0 Å². The highest BCUT2D eigenvalue weighted by molar-refractivity contribution is 7.90. The summed E-state index contributed by atoms with van der Waals surface area (Å²) in [6.07, 6.45) is 0. The fourth-order valence-electron chi connectivity index (χ4n) is 1.12. The molecule has 0 spiro atoms. The number of nitrogens with two attached hydrogens (primary N) is 1. The lowest BCUT2D eigenvalue weighted by Gasteiger charge is -2.10. The molecule has 17 heavy (non-hydrogen) atoms. The molecular weight excluding hydrogens is 266 g/mol. The van der Waals surface area contributed by atoms with Crippen LogP contribution in [0, 0.1) is 6.92 Å². The van der Waals surface area contributed by atoms with E-state index >= 15 is 0 Å². The van der Waals surface area contributed by atoms with Crippen LogP contribution in [0.1, 0.15) is 5.56 Å². The Labute approximate surface area is 100 Å². The Morgan fingerprint density at radius 2 is 1.76 bits per heavy atom. The second kappa shape index (κ2) is 4.61. The molecule has 0 saturated heterocycles. The maximum atomic E-state index is 11.2. The predicted octanol–water partition coefficient (Wildman–Crippen LogP) is -0.481. The SMILES string of the molecule is CNS(=O)(=O)Nc1ccc(S(N)(=O)=O)cc1C. The molecule has 0 aliphatic carbocycles. The summed E-state index contributed by atoms with van der Waals surface area (Å²) in [6, 6.07) is 3.86. The number of rotatable bonds is 4. The van der Waals surface area contributed by atoms with Crippen LogP contribution >= 0.6 is 0 Å². The molecule has 0 heterocycles. The molecule has 4 N–H and O–H groups in total. The number of benzene rings is 1. The zero-order valence-electron chi connectivity index (χ0n) is 9.26. The van der Waals surface area contributed by atoms with Gasteiger partial charge in [0, 0.05) is 7.05 Å². The number of aryl methyl sites for hydroxylation is 1. The van der Waals surface area contributed by atoms with Crippen molar-refractivity contribution in [3.8, 4) is 0 Å². The lowest BCUT2D eigenvalue weighted by atomic mass is 10.2. The molecule has 1 aromatic carbocycles. The van der Waals surface area contributed by atoms with Gasteiger partial charge < -0.3 is 0 Å². The molecular formula is C8H13N3O4S2. The highest BCUT2D eigenvalue weighted by Crippen LogP contribution is 2.19. The second-order valence-corrected chi connectivity index (χ2v) is 6.51. The van der Waals surface area contributed by atoms with Crippen molar-refractivity contribution < 1.29 is 16.8 Å². The van der Waals surface area contributed by atoms with E-state index in [1.54, 1.807) is 6.92 Å². The third-order valence-electron chi connectivity index (χ3n) is 2.04. The first-order chi connectivity index (χ1) is 7.65. The molecule has 0 fully saturated rings. The van der Waals surface area contributed by atoms with Crippen LogP contribution in [-0.4, -0.2) is 23.9 Å². The predicted molar refractivity (Wildman–Crippen MR) is 64.2 cm³/mol. The summed E-state index contributed by atoms with van der Waals surface area (Å²) in [5, 5.41) is 4.95. The molecule has 9 heteroatoms. The molecule has 1 rings (SSSR count). The fourth-order valence-corrected chi connectivity index (χ4v) is 2.34. The first-order valence-corrected chi connectivity index (χ1v) is 7.53. The van der Waals surface area contributed by atoms with E-state index < -0.39 is 20.2 Å². The maximum Gasteiger partial charge on any atom is 0.298 e. The number of hydrogen-bond acceptors (Lipinski definition) is 4. The summed E-state index contributed by atoms with van der Waals surface area (Å²) < 4.78 is 48.9. The Balaban J connectivity index is 3.16. The van der Waals surface area contributed by atoms with E-state index in [1.165, 1.54) is 25.2 Å². The largest absolute Gasteiger partial charge is 0.298 e. The van der Waals surface area contributed by atoms with E-state index in [0.717, 1.165) is 0 Å². The van der Waals surface area contributed by atoms with Gasteiger partial charge in [0.1, 0.15) is 0 Å². The molecule has 7 nitrogen and oxygen atoms in total. The number of primary sulfonamides is 1. The van der Waals surface area contributed by atoms with Crippen LogP contribution in [0.3, 0.4) is 0 Å². The summed E-state index contributed by atoms with van der Waals surface area (Å²) >= 11 is 0. The highest BCUT2D eigenvalue weighted by atomic mass is 32.2. The Morgan fingerprint density at radius 3 is 2.18 bits per heavy atom. The van der Waals surface area contributed by atoms with Gasteiger partial charge in [0.25, 0.3) is 10.2 Å². The molecule has 0 saturated carbocycles. The van der Waals surface area contributed by atoms with Gasteiger partial charge in [-0.3, -0.25) is 4.72 Å². The third-order valence-corrected chi connectivity index (χ3v) is 3.98. The molecule has 1 aromatic rings.